The Morgan fingerprint density at radius 2 is 2.23 bits per heavy atom. The lowest BCUT2D eigenvalue weighted by Gasteiger charge is -2.09. The van der Waals surface area contributed by atoms with Crippen LogP contribution in [0.25, 0.3) is 0 Å². The summed E-state index contributed by atoms with van der Waals surface area (Å²) in [5.41, 5.74) is 0.983. The van der Waals surface area contributed by atoms with Crippen LogP contribution >= 0.6 is 0 Å². The van der Waals surface area contributed by atoms with Crippen LogP contribution < -0.4 is 9.47 Å². The lowest BCUT2D eigenvalue weighted by atomic mass is 10.3. The number of methoxy groups -OCH3 is 1. The Hall–Kier alpha value is -1.25. The molecule has 0 aliphatic heterocycles. The average molecular weight is 179 g/mol. The molecule has 1 saturated carbocycles. The zero-order chi connectivity index (χ0) is 9.26. The molecule has 1 aromatic heterocycles. The topological polar surface area (TPSA) is 31.4 Å². The number of aromatic nitrogens is 1. The van der Waals surface area contributed by atoms with E-state index in [4.69, 9.17) is 9.47 Å². The van der Waals surface area contributed by atoms with Gasteiger partial charge in [0.05, 0.1) is 18.8 Å². The highest BCUT2D eigenvalue weighted by Gasteiger charge is 2.24. The van der Waals surface area contributed by atoms with Crippen molar-refractivity contribution in [2.24, 2.45) is 0 Å². The second kappa shape index (κ2) is 3.24. The van der Waals surface area contributed by atoms with E-state index in [9.17, 15) is 0 Å². The fourth-order valence-corrected chi connectivity index (χ4v) is 1.20. The van der Waals surface area contributed by atoms with Gasteiger partial charge in [-0.15, -0.1) is 0 Å². The molecule has 0 N–H and O–H groups in total. The van der Waals surface area contributed by atoms with Gasteiger partial charge in [-0.1, -0.05) is 0 Å². The predicted octanol–water partition coefficient (Wildman–Crippen LogP) is 1.94. The molecule has 1 fully saturated rings. The molecule has 0 saturated heterocycles. The maximum absolute atomic E-state index is 5.68. The first-order valence-electron chi connectivity index (χ1n) is 4.47. The normalized spacial score (nSPS) is 15.5. The van der Waals surface area contributed by atoms with E-state index in [0.29, 0.717) is 12.0 Å². The largest absolute Gasteiger partial charge is 0.490 e. The van der Waals surface area contributed by atoms with Gasteiger partial charge in [-0.05, 0) is 25.8 Å². The maximum Gasteiger partial charge on any atom is 0.219 e. The quantitative estimate of drug-likeness (QED) is 0.710. The molecule has 13 heavy (non-hydrogen) atoms. The van der Waals surface area contributed by atoms with Crippen molar-refractivity contribution in [2.75, 3.05) is 7.11 Å². The molecular weight excluding hydrogens is 166 g/mol. The number of nitrogens with zero attached hydrogens (tertiary/aromatic N) is 1. The lowest BCUT2D eigenvalue weighted by Crippen LogP contribution is -2.00. The monoisotopic (exact) mass is 179 g/mol. The van der Waals surface area contributed by atoms with Crippen molar-refractivity contribution in [1.82, 2.24) is 4.98 Å². The average Bonchev–Trinajstić information content (AvgIpc) is 2.92. The molecule has 0 atom stereocenters. The van der Waals surface area contributed by atoms with Gasteiger partial charge >= 0.3 is 0 Å². The number of pyridine rings is 1. The molecule has 0 spiro atoms. The minimum absolute atomic E-state index is 0.422. The van der Waals surface area contributed by atoms with Crippen molar-refractivity contribution in [3.63, 3.8) is 0 Å². The van der Waals surface area contributed by atoms with E-state index in [1.807, 2.05) is 13.0 Å². The molecule has 2 rings (SSSR count). The van der Waals surface area contributed by atoms with E-state index in [0.717, 1.165) is 11.3 Å². The van der Waals surface area contributed by atoms with Gasteiger partial charge in [0.15, 0.2) is 0 Å². The van der Waals surface area contributed by atoms with Crippen LogP contribution in [0, 0.1) is 6.92 Å². The Labute approximate surface area is 77.7 Å². The zero-order valence-electron chi connectivity index (χ0n) is 7.91. The van der Waals surface area contributed by atoms with Gasteiger partial charge < -0.3 is 9.47 Å². The van der Waals surface area contributed by atoms with Crippen molar-refractivity contribution < 1.29 is 9.47 Å². The summed E-state index contributed by atoms with van der Waals surface area (Å²) in [6, 6.07) is 1.89. The van der Waals surface area contributed by atoms with E-state index < -0.39 is 0 Å². The minimum atomic E-state index is 0.422. The second-order valence-corrected chi connectivity index (χ2v) is 3.26. The SMILES string of the molecule is COc1nccc(OC2CC2)c1C. The molecule has 0 unspecified atom stereocenters. The van der Waals surface area contributed by atoms with Gasteiger partial charge in [0, 0.05) is 6.20 Å². The predicted molar refractivity (Wildman–Crippen MR) is 49.2 cm³/mol. The van der Waals surface area contributed by atoms with Gasteiger partial charge in [0.1, 0.15) is 5.75 Å². The minimum Gasteiger partial charge on any atom is -0.490 e. The Bertz CT molecular complexity index is 308. The van der Waals surface area contributed by atoms with Crippen molar-refractivity contribution in [2.45, 2.75) is 25.9 Å². The van der Waals surface area contributed by atoms with Crippen molar-refractivity contribution in [3.05, 3.63) is 17.8 Å². The third-order valence-corrected chi connectivity index (χ3v) is 2.12. The van der Waals surface area contributed by atoms with Gasteiger partial charge in [-0.25, -0.2) is 4.98 Å². The van der Waals surface area contributed by atoms with E-state index >= 15 is 0 Å². The molecule has 1 aliphatic carbocycles. The highest BCUT2D eigenvalue weighted by atomic mass is 16.5. The Kier molecular flexibility index (Phi) is 2.08. The summed E-state index contributed by atoms with van der Waals surface area (Å²) in [5.74, 6) is 1.55. The Morgan fingerprint density at radius 1 is 1.46 bits per heavy atom. The summed E-state index contributed by atoms with van der Waals surface area (Å²) in [6.07, 6.45) is 4.48. The third-order valence-electron chi connectivity index (χ3n) is 2.12. The van der Waals surface area contributed by atoms with Crippen molar-refractivity contribution in [3.8, 4) is 11.6 Å². The van der Waals surface area contributed by atoms with Gasteiger partial charge in [0.2, 0.25) is 5.88 Å². The summed E-state index contributed by atoms with van der Waals surface area (Å²) < 4.78 is 10.8. The summed E-state index contributed by atoms with van der Waals surface area (Å²) >= 11 is 0. The van der Waals surface area contributed by atoms with Crippen molar-refractivity contribution in [1.29, 1.82) is 0 Å². The number of ether oxygens (including phenoxy) is 2. The van der Waals surface area contributed by atoms with E-state index in [1.54, 1.807) is 13.3 Å². The molecule has 3 heteroatoms. The van der Waals surface area contributed by atoms with Crippen molar-refractivity contribution >= 4 is 0 Å². The molecule has 0 amide bonds. The summed E-state index contributed by atoms with van der Waals surface area (Å²) in [5, 5.41) is 0. The van der Waals surface area contributed by atoms with Crippen LogP contribution in [0.1, 0.15) is 18.4 Å². The lowest BCUT2D eigenvalue weighted by molar-refractivity contribution is 0.296. The van der Waals surface area contributed by atoms with Crippen LogP contribution in [0.2, 0.25) is 0 Å². The zero-order valence-corrected chi connectivity index (χ0v) is 7.91. The summed E-state index contributed by atoms with van der Waals surface area (Å²) in [7, 11) is 1.62. The first kappa shape index (κ1) is 8.35. The molecular formula is C10H13NO2. The first-order chi connectivity index (χ1) is 6.31. The van der Waals surface area contributed by atoms with Crippen LogP contribution in [0.15, 0.2) is 12.3 Å². The second-order valence-electron chi connectivity index (χ2n) is 3.26. The Morgan fingerprint density at radius 3 is 2.85 bits per heavy atom. The summed E-state index contributed by atoms with van der Waals surface area (Å²) in [6.45, 7) is 1.96. The maximum atomic E-state index is 5.68. The molecule has 3 nitrogen and oxygen atoms in total. The van der Waals surface area contributed by atoms with Gasteiger partial charge in [0.25, 0.3) is 0 Å². The molecule has 1 heterocycles. The fourth-order valence-electron chi connectivity index (χ4n) is 1.20. The smallest absolute Gasteiger partial charge is 0.219 e. The number of rotatable bonds is 3. The third kappa shape index (κ3) is 1.74. The highest BCUT2D eigenvalue weighted by molar-refractivity contribution is 5.38. The van der Waals surface area contributed by atoms with E-state index in [1.165, 1.54) is 12.8 Å². The fraction of sp³-hybridized carbons (Fsp3) is 0.500. The molecule has 0 radical (unpaired) electrons. The Balaban J connectivity index is 2.22. The number of hydrogen-bond donors (Lipinski definition) is 0. The van der Waals surface area contributed by atoms with E-state index in [2.05, 4.69) is 4.98 Å². The van der Waals surface area contributed by atoms with Gasteiger partial charge in [-0.2, -0.15) is 0 Å². The van der Waals surface area contributed by atoms with E-state index in [-0.39, 0.29) is 0 Å². The van der Waals surface area contributed by atoms with Gasteiger partial charge in [-0.3, -0.25) is 0 Å². The molecule has 0 aromatic carbocycles. The molecule has 0 bridgehead atoms. The number of hydrogen-bond acceptors (Lipinski definition) is 3. The van der Waals surface area contributed by atoms with Crippen LogP contribution in [0.3, 0.4) is 0 Å². The highest BCUT2D eigenvalue weighted by Crippen LogP contribution is 2.31. The standard InChI is InChI=1S/C10H13NO2/c1-7-9(13-8-3-4-8)5-6-11-10(7)12-2/h5-6,8H,3-4H2,1-2H3. The summed E-state index contributed by atoms with van der Waals surface area (Å²) in [4.78, 5) is 4.08. The first-order valence-corrected chi connectivity index (χ1v) is 4.47. The van der Waals surface area contributed by atoms with Crippen LogP contribution in [-0.4, -0.2) is 18.2 Å². The van der Waals surface area contributed by atoms with Crippen LogP contribution in [0.4, 0.5) is 0 Å². The molecule has 1 aromatic rings. The molecule has 1 aliphatic rings. The molecule has 70 valence electrons. The van der Waals surface area contributed by atoms with Crippen LogP contribution in [-0.2, 0) is 0 Å². The van der Waals surface area contributed by atoms with Crippen LogP contribution in [0.5, 0.6) is 11.6 Å².